The van der Waals surface area contributed by atoms with Crippen LogP contribution in [0, 0.1) is 12.1 Å². The van der Waals surface area contributed by atoms with Gasteiger partial charge in [0, 0.05) is 6.42 Å². The summed E-state index contributed by atoms with van der Waals surface area (Å²) in [6.07, 6.45) is 3.86. The monoisotopic (exact) mass is 255 g/mol. The summed E-state index contributed by atoms with van der Waals surface area (Å²) in [4.78, 5) is 12.0. The molecule has 0 bridgehead atoms. The molecule has 3 rings (SSSR count). The van der Waals surface area contributed by atoms with Crippen molar-refractivity contribution in [1.82, 2.24) is 9.78 Å². The van der Waals surface area contributed by atoms with Gasteiger partial charge in [-0.2, -0.15) is 5.10 Å². The van der Waals surface area contributed by atoms with Crippen molar-refractivity contribution in [1.29, 1.82) is 0 Å². The van der Waals surface area contributed by atoms with Crippen molar-refractivity contribution in [2.75, 3.05) is 0 Å². The first-order valence-corrected chi connectivity index (χ1v) is 6.06. The van der Waals surface area contributed by atoms with Crippen LogP contribution in [0.3, 0.4) is 0 Å². The molecule has 0 aliphatic heterocycles. The first kappa shape index (κ1) is 11.8. The van der Waals surface area contributed by atoms with E-state index in [2.05, 4.69) is 5.10 Å². The number of carbonyl (C=O) groups excluding carboxylic acids is 1. The molecule has 1 aromatic carbocycles. The van der Waals surface area contributed by atoms with Gasteiger partial charge in [-0.25, -0.2) is 9.48 Å². The molecule has 1 heterocycles. The number of nitrogens with one attached hydrogen (secondary N) is 1. The van der Waals surface area contributed by atoms with Gasteiger partial charge in [-0.15, -0.1) is 0 Å². The molecule has 0 radical (unpaired) electrons. The standard InChI is InChI=1S/C14H13N3O2/c1-10-13(14(18)17(19)12-7-8-12)9-15-16(10)11-5-3-2-4-6-11/h2-7,9,17H,8H2,1H3. The van der Waals surface area contributed by atoms with Gasteiger partial charge in [0.15, 0.2) is 0 Å². The van der Waals surface area contributed by atoms with E-state index < -0.39 is 11.0 Å². The van der Waals surface area contributed by atoms with E-state index in [1.54, 1.807) is 17.7 Å². The van der Waals surface area contributed by atoms with E-state index in [1.165, 1.54) is 6.20 Å². The molecular formula is C14H13N3O2. The van der Waals surface area contributed by atoms with Crippen LogP contribution >= 0.6 is 0 Å². The predicted molar refractivity (Wildman–Crippen MR) is 69.7 cm³/mol. The van der Waals surface area contributed by atoms with Crippen LogP contribution in [-0.2, 0) is 0 Å². The highest BCUT2D eigenvalue weighted by atomic mass is 16.5. The van der Waals surface area contributed by atoms with Gasteiger partial charge in [0.05, 0.1) is 17.6 Å². The number of carbonyl (C=O) groups is 1. The predicted octanol–water partition coefficient (Wildman–Crippen LogP) is 0.991. The summed E-state index contributed by atoms with van der Waals surface area (Å²) >= 11 is 0. The Morgan fingerprint density at radius 2 is 2.05 bits per heavy atom. The Balaban J connectivity index is 1.95. The second kappa shape index (κ2) is 4.46. The lowest BCUT2D eigenvalue weighted by Gasteiger charge is -2.15. The minimum Gasteiger partial charge on any atom is -0.621 e. The lowest BCUT2D eigenvalue weighted by Crippen LogP contribution is -3.06. The molecule has 5 nitrogen and oxygen atoms in total. The number of rotatable bonds is 3. The Labute approximate surface area is 110 Å². The molecule has 0 fully saturated rings. The molecule has 5 heteroatoms. The number of nitrogens with zero attached hydrogens (tertiary/aromatic N) is 2. The second-order valence-corrected chi connectivity index (χ2v) is 4.48. The van der Waals surface area contributed by atoms with E-state index in [4.69, 9.17) is 0 Å². The van der Waals surface area contributed by atoms with Crippen molar-refractivity contribution in [3.63, 3.8) is 0 Å². The number of para-hydroxylation sites is 1. The molecule has 1 aliphatic rings. The van der Waals surface area contributed by atoms with Gasteiger partial charge in [-0.3, -0.25) is 5.06 Å². The molecule has 0 saturated heterocycles. The van der Waals surface area contributed by atoms with E-state index >= 15 is 0 Å². The maximum absolute atomic E-state index is 12.0. The van der Waals surface area contributed by atoms with Gasteiger partial charge in [0.2, 0.25) is 0 Å². The summed E-state index contributed by atoms with van der Waals surface area (Å²) in [5.74, 6) is -0.469. The molecule has 96 valence electrons. The van der Waals surface area contributed by atoms with Crippen molar-refractivity contribution in [3.8, 4) is 5.69 Å². The quantitative estimate of drug-likeness (QED) is 0.832. The van der Waals surface area contributed by atoms with Crippen LogP contribution in [0.5, 0.6) is 0 Å². The zero-order valence-corrected chi connectivity index (χ0v) is 10.5. The molecule has 1 atom stereocenters. The fourth-order valence-corrected chi connectivity index (χ4v) is 1.97. The van der Waals surface area contributed by atoms with E-state index in [1.807, 2.05) is 30.3 Å². The minimum absolute atomic E-state index is 0.377. The van der Waals surface area contributed by atoms with Gasteiger partial charge >= 0.3 is 5.91 Å². The van der Waals surface area contributed by atoms with E-state index in [0.717, 1.165) is 5.69 Å². The number of aromatic nitrogens is 2. The third-order valence-electron chi connectivity index (χ3n) is 3.16. The van der Waals surface area contributed by atoms with Gasteiger partial charge < -0.3 is 5.21 Å². The second-order valence-electron chi connectivity index (χ2n) is 4.48. The van der Waals surface area contributed by atoms with Crippen LogP contribution in [-0.4, -0.2) is 15.7 Å². The molecule has 1 aromatic heterocycles. The van der Waals surface area contributed by atoms with Crippen molar-refractivity contribution in [2.45, 2.75) is 13.3 Å². The molecule has 2 aromatic rings. The van der Waals surface area contributed by atoms with E-state index in [-0.39, 0.29) is 0 Å². The lowest BCUT2D eigenvalue weighted by atomic mass is 10.2. The minimum atomic E-state index is -0.469. The van der Waals surface area contributed by atoms with Crippen molar-refractivity contribution >= 4 is 5.91 Å². The van der Waals surface area contributed by atoms with E-state index in [0.29, 0.717) is 23.4 Å². The lowest BCUT2D eigenvalue weighted by molar-refractivity contribution is -0.707. The average Bonchev–Trinajstić information content (AvgIpc) is 3.21. The topological polar surface area (TPSA) is 62.4 Å². The Kier molecular flexibility index (Phi) is 2.77. The Morgan fingerprint density at radius 1 is 1.37 bits per heavy atom. The van der Waals surface area contributed by atoms with Crippen LogP contribution in [0.4, 0.5) is 0 Å². The van der Waals surface area contributed by atoms with E-state index in [9.17, 15) is 10.0 Å². The smallest absolute Gasteiger partial charge is 0.352 e. The number of quaternary nitrogens is 1. The summed E-state index contributed by atoms with van der Waals surface area (Å²) in [5, 5.41) is 15.5. The molecule has 0 spiro atoms. The molecule has 1 unspecified atom stereocenters. The first-order valence-electron chi connectivity index (χ1n) is 6.06. The van der Waals surface area contributed by atoms with Gasteiger partial charge in [-0.1, -0.05) is 18.2 Å². The van der Waals surface area contributed by atoms with Crippen LogP contribution < -0.4 is 5.06 Å². The third kappa shape index (κ3) is 2.09. The molecule has 1 aliphatic carbocycles. The zero-order valence-electron chi connectivity index (χ0n) is 10.5. The van der Waals surface area contributed by atoms with Gasteiger partial charge in [0.1, 0.15) is 11.3 Å². The number of allylic oxidation sites excluding steroid dienone is 2. The third-order valence-corrected chi connectivity index (χ3v) is 3.16. The van der Waals surface area contributed by atoms with Crippen LogP contribution in [0.2, 0.25) is 0 Å². The Hall–Kier alpha value is -2.24. The highest BCUT2D eigenvalue weighted by Crippen LogP contribution is 2.15. The average molecular weight is 255 g/mol. The summed E-state index contributed by atoms with van der Waals surface area (Å²) in [6, 6.07) is 9.52. The SMILES string of the molecule is Cc1c(C(=O)[NH+]([O-])C2=CC2)cnn1-c1ccccc1. The van der Waals surface area contributed by atoms with Crippen LogP contribution in [0.15, 0.2) is 48.3 Å². The van der Waals surface area contributed by atoms with Crippen LogP contribution in [0.1, 0.15) is 22.5 Å². The molecular weight excluding hydrogens is 242 g/mol. The summed E-state index contributed by atoms with van der Waals surface area (Å²) in [6.45, 7) is 1.79. The van der Waals surface area contributed by atoms with Crippen molar-refractivity contribution in [3.05, 3.63) is 64.8 Å². The maximum Gasteiger partial charge on any atom is 0.352 e. The Morgan fingerprint density at radius 3 is 2.68 bits per heavy atom. The Bertz CT molecular complexity index is 659. The van der Waals surface area contributed by atoms with Crippen LogP contribution in [0.25, 0.3) is 5.69 Å². The number of hydrogen-bond donors (Lipinski definition) is 1. The number of hydrogen-bond acceptors (Lipinski definition) is 3. The zero-order chi connectivity index (χ0) is 13.4. The highest BCUT2D eigenvalue weighted by molar-refractivity contribution is 5.89. The van der Waals surface area contributed by atoms with Crippen molar-refractivity contribution < 1.29 is 9.86 Å². The molecule has 1 amide bonds. The summed E-state index contributed by atoms with van der Waals surface area (Å²) in [5.41, 5.74) is 2.54. The number of benzene rings is 1. The highest BCUT2D eigenvalue weighted by Gasteiger charge is 2.27. The van der Waals surface area contributed by atoms with Gasteiger partial charge in [-0.05, 0) is 25.1 Å². The fraction of sp³-hybridized carbons (Fsp3) is 0.143. The number of amides is 1. The maximum atomic E-state index is 12.0. The summed E-state index contributed by atoms with van der Waals surface area (Å²) < 4.78 is 1.67. The normalized spacial score (nSPS) is 14.9. The van der Waals surface area contributed by atoms with Crippen molar-refractivity contribution in [2.24, 2.45) is 0 Å². The largest absolute Gasteiger partial charge is 0.621 e. The molecule has 19 heavy (non-hydrogen) atoms. The molecule has 1 N–H and O–H groups in total. The molecule has 0 saturated carbocycles. The fourth-order valence-electron chi connectivity index (χ4n) is 1.97. The van der Waals surface area contributed by atoms with Gasteiger partial charge in [0.25, 0.3) is 0 Å². The first-order chi connectivity index (χ1) is 9.18. The summed E-state index contributed by atoms with van der Waals surface area (Å²) in [7, 11) is 0. The number of hydroxylamine groups is 2.